The number of hydrogen-bond donors (Lipinski definition) is 2. The van der Waals surface area contributed by atoms with Crippen LogP contribution < -0.4 is 10.6 Å². The standard InChI is InChI=1S/C23H24N4O2/c28-22(24-15-14-17-9-3-1-4-10-17)20-19-13-7-8-16-27(19)21(26-20)23(29)25-18-11-5-2-6-12-18/h2,5-9,11-13,16H,1,3-4,10,14-15H2,(H,24,28)(H,25,29). The molecule has 0 spiro atoms. The van der Waals surface area contributed by atoms with Crippen molar-refractivity contribution in [2.24, 2.45) is 0 Å². The zero-order valence-corrected chi connectivity index (χ0v) is 16.2. The lowest BCUT2D eigenvalue weighted by molar-refractivity contribution is 0.0951. The van der Waals surface area contributed by atoms with Gasteiger partial charge in [0.05, 0.1) is 5.52 Å². The number of nitrogens with one attached hydrogen (secondary N) is 2. The van der Waals surface area contributed by atoms with E-state index in [4.69, 9.17) is 0 Å². The number of benzene rings is 1. The predicted octanol–water partition coefficient (Wildman–Crippen LogP) is 4.21. The number of fused-ring (bicyclic) bond motifs is 1. The van der Waals surface area contributed by atoms with Crippen LogP contribution in [0.1, 0.15) is 53.2 Å². The number of carbonyl (C=O) groups excluding carboxylic acids is 2. The molecule has 1 aliphatic rings. The van der Waals surface area contributed by atoms with Gasteiger partial charge < -0.3 is 10.6 Å². The summed E-state index contributed by atoms with van der Waals surface area (Å²) in [5.41, 5.74) is 2.97. The maximum Gasteiger partial charge on any atom is 0.292 e. The minimum atomic E-state index is -0.358. The highest BCUT2D eigenvalue weighted by molar-refractivity contribution is 6.06. The molecule has 2 aromatic heterocycles. The molecule has 2 N–H and O–H groups in total. The molecule has 0 aliphatic heterocycles. The Bertz CT molecular complexity index is 1050. The SMILES string of the molecule is O=C(NCCC1=CCCCC1)c1nc(C(=O)Nc2ccccc2)n2ccccc12. The van der Waals surface area contributed by atoms with Gasteiger partial charge in [0.15, 0.2) is 5.69 Å². The zero-order chi connectivity index (χ0) is 20.1. The minimum Gasteiger partial charge on any atom is -0.350 e. The zero-order valence-electron chi connectivity index (χ0n) is 16.2. The largest absolute Gasteiger partial charge is 0.350 e. The molecule has 0 saturated carbocycles. The van der Waals surface area contributed by atoms with E-state index in [9.17, 15) is 9.59 Å². The summed E-state index contributed by atoms with van der Waals surface area (Å²) in [6, 6.07) is 14.6. The molecular weight excluding hydrogens is 364 g/mol. The van der Waals surface area contributed by atoms with Crippen molar-refractivity contribution in [2.75, 3.05) is 11.9 Å². The van der Waals surface area contributed by atoms with Gasteiger partial charge in [-0.15, -0.1) is 0 Å². The average molecular weight is 388 g/mol. The van der Waals surface area contributed by atoms with Gasteiger partial charge in [-0.2, -0.15) is 0 Å². The summed E-state index contributed by atoms with van der Waals surface area (Å²) >= 11 is 0. The summed E-state index contributed by atoms with van der Waals surface area (Å²) in [7, 11) is 0. The first-order valence-electron chi connectivity index (χ1n) is 10.0. The van der Waals surface area contributed by atoms with E-state index in [1.54, 1.807) is 28.8 Å². The van der Waals surface area contributed by atoms with E-state index in [0.29, 0.717) is 17.7 Å². The maximum atomic E-state index is 12.8. The van der Waals surface area contributed by atoms with Crippen molar-refractivity contribution in [1.29, 1.82) is 0 Å². The van der Waals surface area contributed by atoms with Crippen molar-refractivity contribution in [1.82, 2.24) is 14.7 Å². The lowest BCUT2D eigenvalue weighted by Gasteiger charge is -2.12. The fourth-order valence-electron chi connectivity index (χ4n) is 3.63. The molecule has 6 nitrogen and oxygen atoms in total. The van der Waals surface area contributed by atoms with Gasteiger partial charge in [-0.05, 0) is 56.4 Å². The summed E-state index contributed by atoms with van der Waals surface area (Å²) in [5, 5.41) is 5.78. The number of nitrogens with zero attached hydrogens (tertiary/aromatic N) is 2. The molecule has 0 saturated heterocycles. The average Bonchev–Trinajstić information content (AvgIpc) is 3.15. The molecule has 0 fully saturated rings. The van der Waals surface area contributed by atoms with Gasteiger partial charge in [0.25, 0.3) is 11.8 Å². The predicted molar refractivity (Wildman–Crippen MR) is 113 cm³/mol. The number of imidazole rings is 1. The van der Waals surface area contributed by atoms with Crippen LogP contribution in [0, 0.1) is 0 Å². The van der Waals surface area contributed by atoms with Crippen LogP contribution in [0.3, 0.4) is 0 Å². The Balaban J connectivity index is 1.51. The number of rotatable bonds is 6. The molecule has 2 heterocycles. The summed E-state index contributed by atoms with van der Waals surface area (Å²) in [4.78, 5) is 29.9. The third kappa shape index (κ3) is 4.37. The number of amides is 2. The number of pyridine rings is 1. The minimum absolute atomic E-state index is 0.185. The van der Waals surface area contributed by atoms with E-state index in [1.807, 2.05) is 30.3 Å². The normalized spacial score (nSPS) is 13.7. The first-order valence-corrected chi connectivity index (χ1v) is 10.0. The monoisotopic (exact) mass is 388 g/mol. The highest BCUT2D eigenvalue weighted by atomic mass is 16.2. The van der Waals surface area contributed by atoms with Gasteiger partial charge in [0, 0.05) is 18.4 Å². The lowest BCUT2D eigenvalue weighted by atomic mass is 9.97. The Morgan fingerprint density at radius 3 is 2.62 bits per heavy atom. The number of aromatic nitrogens is 2. The summed E-state index contributed by atoms with van der Waals surface area (Å²) in [6.45, 7) is 0.571. The van der Waals surface area contributed by atoms with Crippen LogP contribution in [0.5, 0.6) is 0 Å². The highest BCUT2D eigenvalue weighted by Gasteiger charge is 2.21. The van der Waals surface area contributed by atoms with Crippen molar-refractivity contribution < 1.29 is 9.59 Å². The van der Waals surface area contributed by atoms with Crippen molar-refractivity contribution in [2.45, 2.75) is 32.1 Å². The van der Waals surface area contributed by atoms with E-state index < -0.39 is 0 Å². The summed E-state index contributed by atoms with van der Waals surface area (Å²) in [5.74, 6) is -0.433. The van der Waals surface area contributed by atoms with Crippen molar-refractivity contribution in [3.05, 3.63) is 77.9 Å². The van der Waals surface area contributed by atoms with E-state index >= 15 is 0 Å². The number of para-hydroxylation sites is 1. The quantitative estimate of drug-likeness (QED) is 0.621. The fourth-order valence-corrected chi connectivity index (χ4v) is 3.63. The first-order chi connectivity index (χ1) is 14.2. The van der Waals surface area contributed by atoms with E-state index in [-0.39, 0.29) is 23.3 Å². The second-order valence-electron chi connectivity index (χ2n) is 7.17. The molecular formula is C23H24N4O2. The van der Waals surface area contributed by atoms with Crippen molar-refractivity contribution in [3.8, 4) is 0 Å². The molecule has 0 unspecified atom stereocenters. The van der Waals surface area contributed by atoms with Crippen LogP contribution in [0.2, 0.25) is 0 Å². The number of hydrogen-bond acceptors (Lipinski definition) is 3. The van der Waals surface area contributed by atoms with Crippen molar-refractivity contribution in [3.63, 3.8) is 0 Å². The molecule has 1 aliphatic carbocycles. The first kappa shape index (κ1) is 18.9. The van der Waals surface area contributed by atoms with Crippen LogP contribution in [0.15, 0.2) is 66.4 Å². The number of allylic oxidation sites excluding steroid dienone is 1. The third-order valence-electron chi connectivity index (χ3n) is 5.11. The van der Waals surface area contributed by atoms with Crippen LogP contribution in [-0.2, 0) is 0 Å². The summed E-state index contributed by atoms with van der Waals surface area (Å²) < 4.78 is 1.65. The third-order valence-corrected chi connectivity index (χ3v) is 5.11. The van der Waals surface area contributed by atoms with Crippen LogP contribution >= 0.6 is 0 Å². The molecule has 148 valence electrons. The second kappa shape index (κ2) is 8.73. The summed E-state index contributed by atoms with van der Waals surface area (Å²) in [6.07, 6.45) is 9.62. The smallest absolute Gasteiger partial charge is 0.292 e. The van der Waals surface area contributed by atoms with Crippen molar-refractivity contribution >= 4 is 23.0 Å². The Morgan fingerprint density at radius 1 is 1.00 bits per heavy atom. The highest BCUT2D eigenvalue weighted by Crippen LogP contribution is 2.20. The maximum absolute atomic E-state index is 12.8. The Labute approximate surface area is 169 Å². The Kier molecular flexibility index (Phi) is 5.70. The van der Waals surface area contributed by atoms with Crippen LogP contribution in [-0.4, -0.2) is 27.7 Å². The Morgan fingerprint density at radius 2 is 1.83 bits per heavy atom. The molecule has 0 radical (unpaired) electrons. The molecule has 4 rings (SSSR count). The van der Waals surface area contributed by atoms with Crippen LogP contribution in [0.25, 0.3) is 5.52 Å². The molecule has 0 atom stereocenters. The topological polar surface area (TPSA) is 75.5 Å². The lowest BCUT2D eigenvalue weighted by Crippen LogP contribution is -2.25. The molecule has 3 aromatic rings. The molecule has 6 heteroatoms. The van der Waals surface area contributed by atoms with E-state index in [2.05, 4.69) is 21.7 Å². The molecule has 2 amide bonds. The van der Waals surface area contributed by atoms with Gasteiger partial charge in [0.1, 0.15) is 0 Å². The van der Waals surface area contributed by atoms with Gasteiger partial charge in [0.2, 0.25) is 5.82 Å². The number of carbonyl (C=O) groups is 2. The Hall–Kier alpha value is -3.41. The van der Waals surface area contributed by atoms with Crippen LogP contribution in [0.4, 0.5) is 5.69 Å². The number of anilines is 1. The van der Waals surface area contributed by atoms with E-state index in [0.717, 1.165) is 19.3 Å². The molecule has 1 aromatic carbocycles. The van der Waals surface area contributed by atoms with Gasteiger partial charge >= 0.3 is 0 Å². The fraction of sp³-hybridized carbons (Fsp3) is 0.261. The van der Waals surface area contributed by atoms with E-state index in [1.165, 1.54) is 18.4 Å². The van der Waals surface area contributed by atoms with Gasteiger partial charge in [-0.1, -0.05) is 35.9 Å². The second-order valence-corrected chi connectivity index (χ2v) is 7.17. The van der Waals surface area contributed by atoms with Gasteiger partial charge in [-0.25, -0.2) is 4.98 Å². The van der Waals surface area contributed by atoms with Gasteiger partial charge in [-0.3, -0.25) is 14.0 Å². The molecule has 29 heavy (non-hydrogen) atoms. The molecule has 0 bridgehead atoms.